The second-order valence-corrected chi connectivity index (χ2v) is 5.01. The molecule has 2 rings (SSSR count). The fourth-order valence-corrected chi connectivity index (χ4v) is 2.14. The van der Waals surface area contributed by atoms with E-state index in [1.54, 1.807) is 6.26 Å². The molecule has 1 N–H and O–H groups in total. The topological polar surface area (TPSA) is 68.0 Å². The molecule has 0 radical (unpaired) electrons. The van der Waals surface area contributed by atoms with E-state index in [9.17, 15) is 23.2 Å². The van der Waals surface area contributed by atoms with Crippen LogP contribution < -0.4 is 5.56 Å². The Morgan fingerprint density at radius 3 is 2.52 bits per heavy atom. The van der Waals surface area contributed by atoms with Crippen molar-refractivity contribution in [1.29, 1.82) is 0 Å². The fraction of sp³-hybridized carbons (Fsp3) is 0.250. The molecule has 1 aromatic heterocycles. The first kappa shape index (κ1) is 15.4. The molecular weight excluding hydrogens is 307 g/mol. The number of aromatic nitrogens is 3. The molecule has 0 bridgehead atoms. The predicted octanol–water partition coefficient (Wildman–Crippen LogP) is 2.59. The molecule has 0 aliphatic rings. The maximum Gasteiger partial charge on any atom is 0.417 e. The van der Waals surface area contributed by atoms with Crippen LogP contribution in [-0.4, -0.2) is 26.4 Å². The number of nitrogens with zero attached hydrogens (tertiary/aromatic N) is 3. The molecule has 0 aliphatic heterocycles. The summed E-state index contributed by atoms with van der Waals surface area (Å²) in [6.07, 6.45) is -3.01. The SMILES string of the molecule is CSc1ccc(-c2nnc(C)c(=O)n2O)c(C(F)(F)F)c1. The van der Waals surface area contributed by atoms with Crippen LogP contribution in [0.5, 0.6) is 0 Å². The van der Waals surface area contributed by atoms with Gasteiger partial charge in [-0.05, 0) is 31.4 Å². The van der Waals surface area contributed by atoms with Gasteiger partial charge in [-0.3, -0.25) is 4.79 Å². The fourth-order valence-electron chi connectivity index (χ4n) is 1.70. The molecule has 0 aliphatic carbocycles. The van der Waals surface area contributed by atoms with Crippen LogP contribution in [0.2, 0.25) is 0 Å². The Morgan fingerprint density at radius 2 is 1.95 bits per heavy atom. The first-order chi connectivity index (χ1) is 9.75. The quantitative estimate of drug-likeness (QED) is 0.681. The van der Waals surface area contributed by atoms with Crippen molar-refractivity contribution >= 4 is 11.8 Å². The Kier molecular flexibility index (Phi) is 3.95. The lowest BCUT2D eigenvalue weighted by Gasteiger charge is -2.14. The number of benzene rings is 1. The molecule has 0 unspecified atom stereocenters. The van der Waals surface area contributed by atoms with E-state index in [4.69, 9.17) is 0 Å². The van der Waals surface area contributed by atoms with Gasteiger partial charge in [-0.2, -0.15) is 13.2 Å². The Bertz CT molecular complexity index is 744. The Morgan fingerprint density at radius 1 is 1.29 bits per heavy atom. The molecule has 1 aromatic carbocycles. The lowest BCUT2D eigenvalue weighted by molar-refractivity contribution is -0.137. The van der Waals surface area contributed by atoms with E-state index in [0.29, 0.717) is 4.90 Å². The summed E-state index contributed by atoms with van der Waals surface area (Å²) in [6, 6.07) is 3.54. The number of halogens is 3. The summed E-state index contributed by atoms with van der Waals surface area (Å²) in [7, 11) is 0. The maximum absolute atomic E-state index is 13.1. The van der Waals surface area contributed by atoms with Crippen LogP contribution in [0.3, 0.4) is 0 Å². The zero-order valence-electron chi connectivity index (χ0n) is 11.0. The minimum absolute atomic E-state index is 0.0751. The predicted molar refractivity (Wildman–Crippen MR) is 70.4 cm³/mol. The van der Waals surface area contributed by atoms with E-state index in [1.807, 2.05) is 0 Å². The zero-order valence-corrected chi connectivity index (χ0v) is 11.8. The van der Waals surface area contributed by atoms with Crippen molar-refractivity contribution in [2.24, 2.45) is 0 Å². The van der Waals surface area contributed by atoms with Gasteiger partial charge in [0.15, 0.2) is 0 Å². The van der Waals surface area contributed by atoms with Gasteiger partial charge in [0.25, 0.3) is 0 Å². The van der Waals surface area contributed by atoms with Crippen LogP contribution in [0.25, 0.3) is 11.4 Å². The highest BCUT2D eigenvalue weighted by molar-refractivity contribution is 7.98. The molecule has 2 aromatic rings. The highest BCUT2D eigenvalue weighted by Crippen LogP contribution is 2.37. The molecule has 0 spiro atoms. The number of hydrogen-bond donors (Lipinski definition) is 1. The molecule has 112 valence electrons. The normalized spacial score (nSPS) is 11.7. The minimum atomic E-state index is -4.65. The van der Waals surface area contributed by atoms with E-state index in [-0.39, 0.29) is 10.4 Å². The van der Waals surface area contributed by atoms with Gasteiger partial charge in [0.1, 0.15) is 5.69 Å². The van der Waals surface area contributed by atoms with Gasteiger partial charge in [0.2, 0.25) is 5.82 Å². The highest BCUT2D eigenvalue weighted by Gasteiger charge is 2.35. The highest BCUT2D eigenvalue weighted by atomic mass is 32.2. The third-order valence-electron chi connectivity index (χ3n) is 2.77. The molecule has 9 heteroatoms. The summed E-state index contributed by atoms with van der Waals surface area (Å²) < 4.78 is 39.5. The summed E-state index contributed by atoms with van der Waals surface area (Å²) in [5.41, 5.74) is -2.43. The molecule has 0 amide bonds. The summed E-state index contributed by atoms with van der Waals surface area (Å²) >= 11 is 1.15. The number of thioether (sulfide) groups is 1. The Labute approximate surface area is 121 Å². The third kappa shape index (κ3) is 2.87. The maximum atomic E-state index is 13.1. The Balaban J connectivity index is 2.76. The summed E-state index contributed by atoms with van der Waals surface area (Å²) in [6.45, 7) is 1.30. The Hall–Kier alpha value is -2.03. The van der Waals surface area contributed by atoms with Gasteiger partial charge in [0, 0.05) is 10.5 Å². The average Bonchev–Trinajstić information content (AvgIpc) is 2.43. The van der Waals surface area contributed by atoms with Gasteiger partial charge in [-0.25, -0.2) is 0 Å². The largest absolute Gasteiger partial charge is 0.423 e. The monoisotopic (exact) mass is 317 g/mol. The number of aryl methyl sites for hydroxylation is 1. The molecule has 5 nitrogen and oxygen atoms in total. The number of rotatable bonds is 2. The van der Waals surface area contributed by atoms with E-state index in [2.05, 4.69) is 10.2 Å². The van der Waals surface area contributed by atoms with E-state index in [0.717, 1.165) is 23.9 Å². The van der Waals surface area contributed by atoms with E-state index >= 15 is 0 Å². The first-order valence-electron chi connectivity index (χ1n) is 5.67. The second kappa shape index (κ2) is 5.40. The van der Waals surface area contributed by atoms with Gasteiger partial charge in [0.05, 0.1) is 5.56 Å². The van der Waals surface area contributed by atoms with Crippen molar-refractivity contribution in [3.8, 4) is 11.4 Å². The van der Waals surface area contributed by atoms with Gasteiger partial charge in [-0.15, -0.1) is 26.7 Å². The second-order valence-electron chi connectivity index (χ2n) is 4.14. The molecule has 0 saturated heterocycles. The lowest BCUT2D eigenvalue weighted by atomic mass is 10.1. The molecule has 1 heterocycles. The van der Waals surface area contributed by atoms with Crippen LogP contribution in [0.4, 0.5) is 13.2 Å². The van der Waals surface area contributed by atoms with Crippen LogP contribution in [-0.2, 0) is 6.18 Å². The van der Waals surface area contributed by atoms with Crippen molar-refractivity contribution < 1.29 is 18.4 Å². The number of hydrogen-bond acceptors (Lipinski definition) is 5. The van der Waals surface area contributed by atoms with Crippen molar-refractivity contribution in [1.82, 2.24) is 14.9 Å². The smallest absolute Gasteiger partial charge is 0.417 e. The van der Waals surface area contributed by atoms with Crippen LogP contribution in [0.15, 0.2) is 27.9 Å². The lowest BCUT2D eigenvalue weighted by Crippen LogP contribution is -2.25. The van der Waals surface area contributed by atoms with Gasteiger partial charge >= 0.3 is 11.7 Å². The van der Waals surface area contributed by atoms with Crippen molar-refractivity contribution in [3.63, 3.8) is 0 Å². The van der Waals surface area contributed by atoms with Crippen LogP contribution in [0.1, 0.15) is 11.3 Å². The molecule has 0 fully saturated rings. The number of alkyl halides is 3. The van der Waals surface area contributed by atoms with Crippen molar-refractivity contribution in [2.45, 2.75) is 18.0 Å². The summed E-state index contributed by atoms with van der Waals surface area (Å²) in [5, 5.41) is 16.6. The van der Waals surface area contributed by atoms with E-state index in [1.165, 1.54) is 13.0 Å². The third-order valence-corrected chi connectivity index (χ3v) is 3.50. The van der Waals surface area contributed by atoms with E-state index < -0.39 is 28.7 Å². The summed E-state index contributed by atoms with van der Waals surface area (Å²) in [5.74, 6) is -0.550. The van der Waals surface area contributed by atoms with Crippen molar-refractivity contribution in [3.05, 3.63) is 39.8 Å². The first-order valence-corrected chi connectivity index (χ1v) is 6.89. The molecule has 0 saturated carbocycles. The average molecular weight is 317 g/mol. The standard InChI is InChI=1S/C12H10F3N3O2S/c1-6-11(19)18(20)10(17-16-6)8-4-3-7(21-2)5-9(8)12(13,14)15/h3-5,20H,1-2H3. The summed E-state index contributed by atoms with van der Waals surface area (Å²) in [4.78, 5) is 12.0. The minimum Gasteiger partial charge on any atom is -0.423 e. The van der Waals surface area contributed by atoms with Crippen molar-refractivity contribution in [2.75, 3.05) is 6.26 Å². The molecule has 0 atom stereocenters. The van der Waals surface area contributed by atoms with Crippen LogP contribution >= 0.6 is 11.8 Å². The zero-order chi connectivity index (χ0) is 15.8. The van der Waals surface area contributed by atoms with Gasteiger partial charge in [-0.1, -0.05) is 0 Å². The van der Waals surface area contributed by atoms with Gasteiger partial charge < -0.3 is 5.21 Å². The molecular formula is C12H10F3N3O2S. The molecule has 21 heavy (non-hydrogen) atoms. The van der Waals surface area contributed by atoms with Crippen LogP contribution in [0, 0.1) is 6.92 Å².